The van der Waals surface area contributed by atoms with Gasteiger partial charge in [-0.25, -0.2) is 0 Å². The minimum atomic E-state index is 0.158. The topological polar surface area (TPSA) is 21.3 Å². The van der Waals surface area contributed by atoms with Crippen molar-refractivity contribution in [2.24, 2.45) is 5.41 Å². The lowest BCUT2D eigenvalue weighted by Gasteiger charge is -2.40. The minimum absolute atomic E-state index is 0.158. The van der Waals surface area contributed by atoms with Crippen LogP contribution in [0.15, 0.2) is 18.2 Å². The number of rotatable bonds is 4. The fourth-order valence-corrected chi connectivity index (χ4v) is 3.21. The van der Waals surface area contributed by atoms with Crippen LogP contribution < -0.4 is 5.32 Å². The summed E-state index contributed by atoms with van der Waals surface area (Å²) >= 11 is 0. The summed E-state index contributed by atoms with van der Waals surface area (Å²) in [5.74, 6) is 0. The molecule has 1 aliphatic heterocycles. The fraction of sp³-hybridized carbons (Fsp3) is 0.684. The van der Waals surface area contributed by atoms with Crippen LogP contribution in [0.1, 0.15) is 50.3 Å². The van der Waals surface area contributed by atoms with Crippen molar-refractivity contribution in [1.82, 2.24) is 5.32 Å². The number of ether oxygens (including phenoxy) is 1. The second kappa shape index (κ2) is 6.50. The van der Waals surface area contributed by atoms with Crippen LogP contribution in [0.2, 0.25) is 0 Å². The van der Waals surface area contributed by atoms with E-state index in [4.69, 9.17) is 4.74 Å². The van der Waals surface area contributed by atoms with Crippen molar-refractivity contribution in [3.05, 3.63) is 34.9 Å². The van der Waals surface area contributed by atoms with Crippen molar-refractivity contribution >= 4 is 0 Å². The van der Waals surface area contributed by atoms with E-state index in [-0.39, 0.29) is 11.0 Å². The molecule has 0 aromatic heterocycles. The summed E-state index contributed by atoms with van der Waals surface area (Å²) in [7, 11) is 0. The molecule has 1 fully saturated rings. The van der Waals surface area contributed by atoms with E-state index in [2.05, 4.69) is 58.1 Å². The number of hydrogen-bond acceptors (Lipinski definition) is 2. The van der Waals surface area contributed by atoms with Crippen molar-refractivity contribution in [1.29, 1.82) is 0 Å². The standard InChI is InChI=1S/C19H31NO/c1-15-8-6-9-16(2)17(15)12-19(10-7-11-21-14-19)13-20-18(3,4)5/h6,8-9,20H,7,10-14H2,1-5H3. The minimum Gasteiger partial charge on any atom is -0.381 e. The molecule has 1 aromatic carbocycles. The van der Waals surface area contributed by atoms with Crippen LogP contribution in [-0.2, 0) is 11.2 Å². The molecule has 0 spiro atoms. The van der Waals surface area contributed by atoms with Crippen LogP contribution in [0, 0.1) is 19.3 Å². The van der Waals surface area contributed by atoms with E-state index < -0.39 is 0 Å². The molecule has 1 saturated heterocycles. The van der Waals surface area contributed by atoms with Gasteiger partial charge in [-0.15, -0.1) is 0 Å². The monoisotopic (exact) mass is 289 g/mol. The van der Waals surface area contributed by atoms with Gasteiger partial charge in [-0.05, 0) is 70.6 Å². The predicted octanol–water partition coefficient (Wildman–Crippen LogP) is 4.03. The Labute approximate surface area is 130 Å². The van der Waals surface area contributed by atoms with E-state index in [9.17, 15) is 0 Å². The van der Waals surface area contributed by atoms with Gasteiger partial charge in [0.15, 0.2) is 0 Å². The zero-order valence-corrected chi connectivity index (χ0v) is 14.4. The van der Waals surface area contributed by atoms with Gasteiger partial charge in [-0.1, -0.05) is 18.2 Å². The maximum atomic E-state index is 5.86. The third-order valence-corrected chi connectivity index (χ3v) is 4.59. The van der Waals surface area contributed by atoms with E-state index in [0.29, 0.717) is 0 Å². The highest BCUT2D eigenvalue weighted by Crippen LogP contribution is 2.34. The Morgan fingerprint density at radius 3 is 2.38 bits per heavy atom. The third-order valence-electron chi connectivity index (χ3n) is 4.59. The van der Waals surface area contributed by atoms with Gasteiger partial charge in [0.1, 0.15) is 0 Å². The van der Waals surface area contributed by atoms with E-state index in [0.717, 1.165) is 26.2 Å². The number of nitrogens with one attached hydrogen (secondary N) is 1. The third kappa shape index (κ3) is 4.55. The summed E-state index contributed by atoms with van der Waals surface area (Å²) in [5.41, 5.74) is 4.73. The quantitative estimate of drug-likeness (QED) is 0.903. The molecular weight excluding hydrogens is 258 g/mol. The average Bonchev–Trinajstić information content (AvgIpc) is 2.42. The van der Waals surface area contributed by atoms with E-state index in [1.54, 1.807) is 0 Å². The molecule has 1 N–H and O–H groups in total. The van der Waals surface area contributed by atoms with Crippen molar-refractivity contribution in [3.63, 3.8) is 0 Å². The Balaban J connectivity index is 2.20. The van der Waals surface area contributed by atoms with Crippen LogP contribution in [0.5, 0.6) is 0 Å². The van der Waals surface area contributed by atoms with Crippen LogP contribution in [0.3, 0.4) is 0 Å². The predicted molar refractivity (Wildman–Crippen MR) is 89.9 cm³/mol. The van der Waals surface area contributed by atoms with Crippen molar-refractivity contribution in [3.8, 4) is 0 Å². The highest BCUT2D eigenvalue weighted by atomic mass is 16.5. The van der Waals surface area contributed by atoms with Gasteiger partial charge in [0, 0.05) is 24.1 Å². The number of hydrogen-bond donors (Lipinski definition) is 1. The summed E-state index contributed by atoms with van der Waals surface area (Å²) in [6, 6.07) is 6.62. The highest BCUT2D eigenvalue weighted by Gasteiger charge is 2.34. The molecule has 2 heteroatoms. The molecule has 1 unspecified atom stereocenters. The lowest BCUT2D eigenvalue weighted by Crippen LogP contribution is -2.48. The lowest BCUT2D eigenvalue weighted by atomic mass is 9.75. The first-order valence-electron chi connectivity index (χ1n) is 8.19. The molecule has 0 saturated carbocycles. The van der Waals surface area contributed by atoms with Gasteiger partial charge >= 0.3 is 0 Å². The fourth-order valence-electron chi connectivity index (χ4n) is 3.21. The maximum absolute atomic E-state index is 5.86. The molecule has 0 amide bonds. The molecule has 0 aliphatic carbocycles. The largest absolute Gasteiger partial charge is 0.381 e. The zero-order chi connectivity index (χ0) is 15.5. The zero-order valence-electron chi connectivity index (χ0n) is 14.4. The van der Waals surface area contributed by atoms with Gasteiger partial charge in [0.05, 0.1) is 6.61 Å². The Bertz CT molecular complexity index is 447. The molecule has 1 atom stereocenters. The lowest BCUT2D eigenvalue weighted by molar-refractivity contribution is -0.0101. The SMILES string of the molecule is Cc1cccc(C)c1CC1(CNC(C)(C)C)CCCOC1. The Morgan fingerprint density at radius 2 is 1.86 bits per heavy atom. The van der Waals surface area contributed by atoms with Crippen molar-refractivity contribution in [2.45, 2.75) is 59.4 Å². The molecule has 1 heterocycles. The average molecular weight is 289 g/mol. The van der Waals surface area contributed by atoms with Crippen LogP contribution >= 0.6 is 0 Å². The second-order valence-corrected chi connectivity index (χ2v) is 7.81. The molecule has 118 valence electrons. The van der Waals surface area contributed by atoms with E-state index in [1.165, 1.54) is 29.5 Å². The van der Waals surface area contributed by atoms with Gasteiger partial charge in [0.2, 0.25) is 0 Å². The maximum Gasteiger partial charge on any atom is 0.0537 e. The Morgan fingerprint density at radius 1 is 1.19 bits per heavy atom. The first kappa shape index (κ1) is 16.5. The second-order valence-electron chi connectivity index (χ2n) is 7.81. The van der Waals surface area contributed by atoms with Gasteiger partial charge in [-0.2, -0.15) is 0 Å². The first-order valence-corrected chi connectivity index (χ1v) is 8.19. The highest BCUT2D eigenvalue weighted by molar-refractivity contribution is 5.34. The van der Waals surface area contributed by atoms with Crippen LogP contribution in [-0.4, -0.2) is 25.3 Å². The summed E-state index contributed by atoms with van der Waals surface area (Å²) in [4.78, 5) is 0. The van der Waals surface area contributed by atoms with Crippen molar-refractivity contribution < 1.29 is 4.74 Å². The molecule has 2 rings (SSSR count). The summed E-state index contributed by atoms with van der Waals surface area (Å²) in [6.07, 6.45) is 3.55. The van der Waals surface area contributed by atoms with Crippen LogP contribution in [0.4, 0.5) is 0 Å². The normalized spacial score (nSPS) is 23.3. The van der Waals surface area contributed by atoms with Gasteiger partial charge in [0.25, 0.3) is 0 Å². The molecule has 21 heavy (non-hydrogen) atoms. The molecule has 0 bridgehead atoms. The first-order chi connectivity index (χ1) is 9.81. The molecule has 0 radical (unpaired) electrons. The van der Waals surface area contributed by atoms with E-state index in [1.807, 2.05) is 0 Å². The van der Waals surface area contributed by atoms with E-state index >= 15 is 0 Å². The molecule has 2 nitrogen and oxygen atoms in total. The summed E-state index contributed by atoms with van der Waals surface area (Å²) in [5, 5.41) is 3.71. The summed E-state index contributed by atoms with van der Waals surface area (Å²) in [6.45, 7) is 14.0. The van der Waals surface area contributed by atoms with Crippen molar-refractivity contribution in [2.75, 3.05) is 19.8 Å². The Hall–Kier alpha value is -0.860. The molecule has 1 aromatic rings. The van der Waals surface area contributed by atoms with Gasteiger partial charge < -0.3 is 10.1 Å². The number of benzene rings is 1. The number of aryl methyl sites for hydroxylation is 2. The summed E-state index contributed by atoms with van der Waals surface area (Å²) < 4.78 is 5.86. The van der Waals surface area contributed by atoms with Crippen LogP contribution in [0.25, 0.3) is 0 Å². The Kier molecular flexibility index (Phi) is 5.11. The smallest absolute Gasteiger partial charge is 0.0537 e. The molecular formula is C19H31NO. The molecule has 1 aliphatic rings. The van der Waals surface area contributed by atoms with Gasteiger partial charge in [-0.3, -0.25) is 0 Å².